The molecule has 0 saturated carbocycles. The lowest BCUT2D eigenvalue weighted by Gasteiger charge is -2.36. The van der Waals surface area contributed by atoms with Gasteiger partial charge in [-0.2, -0.15) is 0 Å². The average molecular weight is 470 g/mol. The van der Waals surface area contributed by atoms with Crippen LogP contribution in [-0.2, 0) is 19.9 Å². The molecular weight excluding hydrogens is 453 g/mol. The Kier molecular flexibility index (Phi) is 3.63. The molecule has 2 aromatic rings. The number of hydrogen-bond acceptors (Lipinski definition) is 4. The topological polar surface area (TPSA) is 69.7 Å². The van der Waals surface area contributed by atoms with Crippen LogP contribution in [0.4, 0.5) is 15.8 Å². The zero-order valence-electron chi connectivity index (χ0n) is 15.8. The zero-order chi connectivity index (χ0) is 20.8. The summed E-state index contributed by atoms with van der Waals surface area (Å²) in [6, 6.07) is 11.0. The molecule has 3 fully saturated rings. The summed E-state index contributed by atoms with van der Waals surface area (Å²) in [7, 11) is 0. The van der Waals surface area contributed by atoms with Crippen LogP contribution in [0.3, 0.4) is 0 Å². The van der Waals surface area contributed by atoms with Gasteiger partial charge in [-0.25, -0.2) is 9.29 Å². The Morgan fingerprint density at radius 3 is 2.73 bits per heavy atom. The van der Waals surface area contributed by atoms with Crippen LogP contribution in [0, 0.1) is 17.7 Å². The van der Waals surface area contributed by atoms with Crippen molar-refractivity contribution in [3.8, 4) is 0 Å². The van der Waals surface area contributed by atoms with Gasteiger partial charge in [-0.3, -0.25) is 19.3 Å². The van der Waals surface area contributed by atoms with Gasteiger partial charge in [-0.15, -0.1) is 0 Å². The monoisotopic (exact) mass is 469 g/mol. The molecule has 4 aliphatic heterocycles. The van der Waals surface area contributed by atoms with Crippen LogP contribution < -0.4 is 10.2 Å². The molecule has 0 aromatic heterocycles. The van der Waals surface area contributed by atoms with E-state index in [9.17, 15) is 18.8 Å². The lowest BCUT2D eigenvalue weighted by Crippen LogP contribution is -2.54. The summed E-state index contributed by atoms with van der Waals surface area (Å²) in [5.41, 5.74) is 0.0980. The molecule has 2 aromatic carbocycles. The van der Waals surface area contributed by atoms with Gasteiger partial charge in [0.25, 0.3) is 0 Å². The van der Waals surface area contributed by atoms with Crippen molar-refractivity contribution in [1.82, 2.24) is 4.90 Å². The third-order valence-corrected chi connectivity index (χ3v) is 7.51. The van der Waals surface area contributed by atoms with Crippen molar-refractivity contribution < 1.29 is 18.8 Å². The number of carbonyl (C=O) groups is 3. The average Bonchev–Trinajstić information content (AvgIpc) is 3.40. The summed E-state index contributed by atoms with van der Waals surface area (Å²) >= 11 is 3.39. The zero-order valence-corrected chi connectivity index (χ0v) is 17.4. The summed E-state index contributed by atoms with van der Waals surface area (Å²) in [4.78, 5) is 43.9. The standard InChI is InChI=1S/C22H17BrFN3O3/c23-11-3-1-4-13(9-11)27-19(28)17-16-5-2-8-26(16)22(18(17)20(27)29)14-10-12(24)6-7-15(14)25-21(22)30/h1,3-4,6-7,9-10,16-18H,2,5,8H2,(H,25,30)/t16-,17+,18+,22-/m0/s1. The number of carbonyl (C=O) groups excluding carboxylic acids is 3. The highest BCUT2D eigenvalue weighted by Crippen LogP contribution is 2.60. The van der Waals surface area contributed by atoms with Gasteiger partial charge in [0.05, 0.1) is 17.5 Å². The molecular formula is C22H17BrFN3O3. The molecule has 8 heteroatoms. The van der Waals surface area contributed by atoms with Gasteiger partial charge in [0.15, 0.2) is 0 Å². The Bertz CT molecular complexity index is 1150. The predicted octanol–water partition coefficient (Wildman–Crippen LogP) is 3.02. The van der Waals surface area contributed by atoms with Crippen LogP contribution >= 0.6 is 15.9 Å². The van der Waals surface area contributed by atoms with E-state index in [1.165, 1.54) is 23.1 Å². The highest BCUT2D eigenvalue weighted by atomic mass is 79.9. The molecule has 3 amide bonds. The largest absolute Gasteiger partial charge is 0.324 e. The van der Waals surface area contributed by atoms with E-state index in [1.54, 1.807) is 18.2 Å². The molecule has 6 nitrogen and oxygen atoms in total. The Labute approximate surface area is 180 Å². The normalized spacial score (nSPS) is 32.0. The number of fused-ring (bicyclic) bond motifs is 7. The molecule has 4 atom stereocenters. The number of imide groups is 1. The molecule has 1 spiro atoms. The molecule has 3 saturated heterocycles. The van der Waals surface area contributed by atoms with Gasteiger partial charge in [-0.1, -0.05) is 22.0 Å². The van der Waals surface area contributed by atoms with Crippen LogP contribution in [0.15, 0.2) is 46.9 Å². The van der Waals surface area contributed by atoms with Gasteiger partial charge in [0, 0.05) is 21.8 Å². The Morgan fingerprint density at radius 2 is 1.93 bits per heavy atom. The number of halogens is 2. The van der Waals surface area contributed by atoms with E-state index >= 15 is 0 Å². The molecule has 0 unspecified atom stereocenters. The molecule has 0 aliphatic carbocycles. The van der Waals surface area contributed by atoms with Gasteiger partial charge in [0.2, 0.25) is 17.7 Å². The number of nitrogens with zero attached hydrogens (tertiary/aromatic N) is 2. The van der Waals surface area contributed by atoms with E-state index in [4.69, 9.17) is 0 Å². The summed E-state index contributed by atoms with van der Waals surface area (Å²) in [6.45, 7) is 0.596. The molecule has 4 heterocycles. The molecule has 0 radical (unpaired) electrons. The highest BCUT2D eigenvalue weighted by molar-refractivity contribution is 9.10. The number of hydrogen-bond donors (Lipinski definition) is 1. The molecule has 30 heavy (non-hydrogen) atoms. The van der Waals surface area contributed by atoms with Crippen molar-refractivity contribution in [3.05, 3.63) is 58.3 Å². The van der Waals surface area contributed by atoms with Crippen molar-refractivity contribution in [1.29, 1.82) is 0 Å². The first-order valence-corrected chi connectivity index (χ1v) is 10.8. The van der Waals surface area contributed by atoms with Gasteiger partial charge in [-0.05, 0) is 55.8 Å². The molecule has 1 N–H and O–H groups in total. The fourth-order valence-corrected chi connectivity index (χ4v) is 6.43. The predicted molar refractivity (Wildman–Crippen MR) is 110 cm³/mol. The SMILES string of the molecule is O=C1[C@@H]2[C@@H]3CCCN3[C@]3(C(=O)Nc4ccc(F)cc43)[C@H]2C(=O)N1c1cccc(Br)c1. The third-order valence-electron chi connectivity index (χ3n) is 7.02. The van der Waals surface area contributed by atoms with Crippen molar-refractivity contribution >= 4 is 45.0 Å². The smallest absolute Gasteiger partial charge is 0.250 e. The third kappa shape index (κ3) is 2.03. The summed E-state index contributed by atoms with van der Waals surface area (Å²) in [5.74, 6) is -3.00. The van der Waals surface area contributed by atoms with E-state index in [1.807, 2.05) is 11.0 Å². The molecule has 152 valence electrons. The quantitative estimate of drug-likeness (QED) is 0.651. The van der Waals surface area contributed by atoms with Gasteiger partial charge < -0.3 is 5.32 Å². The number of benzene rings is 2. The first-order valence-electron chi connectivity index (χ1n) is 9.96. The Hall–Kier alpha value is -2.58. The second kappa shape index (κ2) is 5.98. The van der Waals surface area contributed by atoms with Crippen LogP contribution in [-0.4, -0.2) is 35.2 Å². The summed E-state index contributed by atoms with van der Waals surface area (Å²) in [5, 5.41) is 2.84. The second-order valence-corrected chi connectivity index (χ2v) is 9.22. The minimum atomic E-state index is -1.35. The van der Waals surface area contributed by atoms with Crippen molar-refractivity contribution in [3.63, 3.8) is 0 Å². The maximum absolute atomic E-state index is 14.2. The van der Waals surface area contributed by atoms with Crippen LogP contribution in [0.2, 0.25) is 0 Å². The highest BCUT2D eigenvalue weighted by Gasteiger charge is 2.74. The number of nitrogens with one attached hydrogen (secondary N) is 1. The molecule has 4 aliphatic rings. The maximum atomic E-state index is 14.2. The van der Waals surface area contributed by atoms with Gasteiger partial charge in [0.1, 0.15) is 11.4 Å². The van der Waals surface area contributed by atoms with E-state index in [0.29, 0.717) is 23.5 Å². The van der Waals surface area contributed by atoms with Crippen molar-refractivity contribution in [2.24, 2.45) is 11.8 Å². The minimum absolute atomic E-state index is 0.219. The number of amides is 3. The number of rotatable bonds is 1. The van der Waals surface area contributed by atoms with Crippen LogP contribution in [0.25, 0.3) is 0 Å². The summed E-state index contributed by atoms with van der Waals surface area (Å²) < 4.78 is 15.0. The Balaban J connectivity index is 1.57. The van der Waals surface area contributed by atoms with Crippen LogP contribution in [0.1, 0.15) is 18.4 Å². The van der Waals surface area contributed by atoms with Gasteiger partial charge >= 0.3 is 0 Å². The van der Waals surface area contributed by atoms with E-state index in [0.717, 1.165) is 17.3 Å². The second-order valence-electron chi connectivity index (χ2n) is 8.31. The van der Waals surface area contributed by atoms with Crippen molar-refractivity contribution in [2.75, 3.05) is 16.8 Å². The molecule has 6 rings (SSSR count). The van der Waals surface area contributed by atoms with Crippen LogP contribution in [0.5, 0.6) is 0 Å². The summed E-state index contributed by atoms with van der Waals surface area (Å²) in [6.07, 6.45) is 1.55. The fraction of sp³-hybridized carbons (Fsp3) is 0.318. The maximum Gasteiger partial charge on any atom is 0.250 e. The fourth-order valence-electron chi connectivity index (χ4n) is 6.04. The van der Waals surface area contributed by atoms with E-state index < -0.39 is 29.1 Å². The van der Waals surface area contributed by atoms with E-state index in [-0.39, 0.29) is 17.9 Å². The van der Waals surface area contributed by atoms with Crippen molar-refractivity contribution in [2.45, 2.75) is 24.4 Å². The Morgan fingerprint density at radius 1 is 1.10 bits per heavy atom. The van der Waals surface area contributed by atoms with E-state index in [2.05, 4.69) is 21.2 Å². The minimum Gasteiger partial charge on any atom is -0.324 e. The first kappa shape index (κ1) is 18.2. The lowest BCUT2D eigenvalue weighted by molar-refractivity contribution is -0.135. The number of anilines is 2. The molecule has 0 bridgehead atoms. The lowest BCUT2D eigenvalue weighted by atomic mass is 9.75. The first-order chi connectivity index (χ1) is 14.4.